The Bertz CT molecular complexity index is 430. The van der Waals surface area contributed by atoms with Crippen molar-refractivity contribution < 1.29 is 0 Å². The molecule has 1 nitrogen and oxygen atoms in total. The van der Waals surface area contributed by atoms with E-state index in [2.05, 4.69) is 45.0 Å². The molecule has 0 amide bonds. The molecular weight excluding hydrogens is 230 g/mol. The lowest BCUT2D eigenvalue weighted by molar-refractivity contribution is 0.392. The van der Waals surface area contributed by atoms with Crippen molar-refractivity contribution >= 4 is 0 Å². The number of nitrogens with two attached hydrogens (primary N) is 1. The predicted molar refractivity (Wildman–Crippen MR) is 81.1 cm³/mol. The first-order chi connectivity index (χ1) is 8.93. The van der Waals surface area contributed by atoms with Gasteiger partial charge in [-0.3, -0.25) is 0 Å². The minimum Gasteiger partial charge on any atom is -0.327 e. The third kappa shape index (κ3) is 2.86. The van der Waals surface area contributed by atoms with Crippen LogP contribution in [0.5, 0.6) is 0 Å². The fourth-order valence-electron chi connectivity index (χ4n) is 3.69. The molecule has 0 bridgehead atoms. The van der Waals surface area contributed by atoms with Gasteiger partial charge in [0.2, 0.25) is 0 Å². The van der Waals surface area contributed by atoms with E-state index in [0.717, 1.165) is 24.2 Å². The Hall–Kier alpha value is -0.820. The molecule has 2 fully saturated rings. The van der Waals surface area contributed by atoms with Gasteiger partial charge in [-0.05, 0) is 60.0 Å². The zero-order valence-corrected chi connectivity index (χ0v) is 12.5. The zero-order valence-electron chi connectivity index (χ0n) is 12.5. The average molecular weight is 257 g/mol. The van der Waals surface area contributed by atoms with Crippen LogP contribution in [0, 0.1) is 17.8 Å². The van der Waals surface area contributed by atoms with Crippen LogP contribution in [0.15, 0.2) is 24.3 Å². The number of fused-ring (bicyclic) bond motifs is 1. The van der Waals surface area contributed by atoms with Gasteiger partial charge in [-0.25, -0.2) is 0 Å². The van der Waals surface area contributed by atoms with E-state index in [1.165, 1.54) is 30.4 Å². The van der Waals surface area contributed by atoms with Crippen LogP contribution in [0.3, 0.4) is 0 Å². The van der Waals surface area contributed by atoms with Crippen LogP contribution in [0.4, 0.5) is 0 Å². The molecular formula is C18H27N. The zero-order chi connectivity index (χ0) is 13.6. The Kier molecular flexibility index (Phi) is 3.21. The second-order valence-corrected chi connectivity index (χ2v) is 7.80. The summed E-state index contributed by atoms with van der Waals surface area (Å²) in [5, 5.41) is 0. The van der Waals surface area contributed by atoms with Crippen LogP contribution in [0.1, 0.15) is 51.2 Å². The van der Waals surface area contributed by atoms with Crippen molar-refractivity contribution in [2.75, 3.05) is 0 Å². The average Bonchev–Trinajstić information content (AvgIpc) is 2.95. The molecule has 0 heterocycles. The van der Waals surface area contributed by atoms with Crippen molar-refractivity contribution in [3.05, 3.63) is 35.4 Å². The Labute approximate surface area is 117 Å². The number of benzene rings is 1. The molecule has 1 aromatic rings. The van der Waals surface area contributed by atoms with Gasteiger partial charge in [-0.1, -0.05) is 45.0 Å². The summed E-state index contributed by atoms with van der Waals surface area (Å²) < 4.78 is 0. The van der Waals surface area contributed by atoms with E-state index in [4.69, 9.17) is 5.73 Å². The maximum absolute atomic E-state index is 6.42. The lowest BCUT2D eigenvalue weighted by Gasteiger charge is -2.22. The summed E-state index contributed by atoms with van der Waals surface area (Å²) >= 11 is 0. The van der Waals surface area contributed by atoms with E-state index in [-0.39, 0.29) is 5.41 Å². The molecule has 2 aliphatic carbocycles. The van der Waals surface area contributed by atoms with Crippen LogP contribution in [-0.2, 0) is 11.8 Å². The largest absolute Gasteiger partial charge is 0.327 e. The van der Waals surface area contributed by atoms with Crippen LogP contribution in [0.2, 0.25) is 0 Å². The van der Waals surface area contributed by atoms with E-state index in [1.54, 1.807) is 0 Å². The summed E-state index contributed by atoms with van der Waals surface area (Å²) in [6.07, 6.45) is 5.33. The molecule has 104 valence electrons. The monoisotopic (exact) mass is 257 g/mol. The minimum atomic E-state index is 0.243. The number of rotatable bonds is 3. The van der Waals surface area contributed by atoms with Gasteiger partial charge in [0, 0.05) is 6.04 Å². The third-order valence-electron chi connectivity index (χ3n) is 5.18. The first-order valence-corrected chi connectivity index (χ1v) is 7.78. The highest BCUT2D eigenvalue weighted by molar-refractivity contribution is 5.28. The fraction of sp³-hybridized carbons (Fsp3) is 0.667. The van der Waals surface area contributed by atoms with Crippen LogP contribution in [-0.4, -0.2) is 6.04 Å². The Balaban J connectivity index is 1.60. The SMILES string of the molecule is CC(C)(C)c1ccc(CC(N)C2CC3CC3C2)cc1. The predicted octanol–water partition coefficient (Wildman–Crippen LogP) is 3.90. The van der Waals surface area contributed by atoms with Crippen molar-refractivity contribution in [1.29, 1.82) is 0 Å². The van der Waals surface area contributed by atoms with Crippen molar-refractivity contribution in [3.8, 4) is 0 Å². The molecule has 0 saturated heterocycles. The van der Waals surface area contributed by atoms with Crippen molar-refractivity contribution in [2.45, 2.75) is 57.9 Å². The molecule has 0 radical (unpaired) electrons. The molecule has 3 rings (SSSR count). The normalized spacial score (nSPS) is 31.1. The highest BCUT2D eigenvalue weighted by atomic mass is 14.7. The summed E-state index contributed by atoms with van der Waals surface area (Å²) in [6, 6.07) is 9.46. The summed E-state index contributed by atoms with van der Waals surface area (Å²) in [5.74, 6) is 2.87. The van der Waals surface area contributed by atoms with Crippen molar-refractivity contribution in [2.24, 2.45) is 23.5 Å². The van der Waals surface area contributed by atoms with Crippen LogP contribution >= 0.6 is 0 Å². The van der Waals surface area contributed by atoms with Gasteiger partial charge in [0.25, 0.3) is 0 Å². The quantitative estimate of drug-likeness (QED) is 0.873. The van der Waals surface area contributed by atoms with Crippen LogP contribution < -0.4 is 5.73 Å². The topological polar surface area (TPSA) is 26.0 Å². The first-order valence-electron chi connectivity index (χ1n) is 7.78. The van der Waals surface area contributed by atoms with Gasteiger partial charge in [0.15, 0.2) is 0 Å². The molecule has 2 aliphatic rings. The van der Waals surface area contributed by atoms with Gasteiger partial charge in [0.05, 0.1) is 0 Å². The molecule has 3 atom stereocenters. The van der Waals surface area contributed by atoms with Gasteiger partial charge < -0.3 is 5.73 Å². The molecule has 0 spiro atoms. The Morgan fingerprint density at radius 2 is 1.63 bits per heavy atom. The van der Waals surface area contributed by atoms with Gasteiger partial charge >= 0.3 is 0 Å². The third-order valence-corrected chi connectivity index (χ3v) is 5.18. The van der Waals surface area contributed by atoms with E-state index in [0.29, 0.717) is 6.04 Å². The summed E-state index contributed by atoms with van der Waals surface area (Å²) in [5.41, 5.74) is 9.47. The molecule has 3 unspecified atom stereocenters. The number of hydrogen-bond donors (Lipinski definition) is 1. The maximum Gasteiger partial charge on any atom is 0.0108 e. The first kappa shape index (κ1) is 13.2. The second kappa shape index (κ2) is 4.63. The highest BCUT2D eigenvalue weighted by Gasteiger charge is 2.47. The fourth-order valence-corrected chi connectivity index (χ4v) is 3.69. The van der Waals surface area contributed by atoms with Gasteiger partial charge in [0.1, 0.15) is 0 Å². The Morgan fingerprint density at radius 1 is 1.05 bits per heavy atom. The summed E-state index contributed by atoms with van der Waals surface area (Å²) in [4.78, 5) is 0. The van der Waals surface area contributed by atoms with Gasteiger partial charge in [-0.15, -0.1) is 0 Å². The van der Waals surface area contributed by atoms with Crippen LogP contribution in [0.25, 0.3) is 0 Å². The van der Waals surface area contributed by atoms with Crippen molar-refractivity contribution in [3.63, 3.8) is 0 Å². The molecule has 0 aromatic heterocycles. The van der Waals surface area contributed by atoms with Gasteiger partial charge in [-0.2, -0.15) is 0 Å². The minimum absolute atomic E-state index is 0.243. The van der Waals surface area contributed by atoms with E-state index < -0.39 is 0 Å². The maximum atomic E-state index is 6.42. The molecule has 2 saturated carbocycles. The summed E-state index contributed by atoms with van der Waals surface area (Å²) in [7, 11) is 0. The van der Waals surface area contributed by atoms with E-state index in [9.17, 15) is 0 Å². The number of hydrogen-bond acceptors (Lipinski definition) is 1. The lowest BCUT2D eigenvalue weighted by Crippen LogP contribution is -2.31. The van der Waals surface area contributed by atoms with E-state index >= 15 is 0 Å². The standard InChI is InChI=1S/C18H27N/c1-18(2,3)16-6-4-12(5-7-16)8-17(19)15-10-13-9-14(13)11-15/h4-7,13-15,17H,8-11,19H2,1-3H3. The summed E-state index contributed by atoms with van der Waals surface area (Å²) in [6.45, 7) is 6.79. The molecule has 1 heteroatoms. The molecule has 0 aliphatic heterocycles. The lowest BCUT2D eigenvalue weighted by atomic mass is 9.85. The highest BCUT2D eigenvalue weighted by Crippen LogP contribution is 2.55. The second-order valence-electron chi connectivity index (χ2n) is 7.80. The Morgan fingerprint density at radius 3 is 2.16 bits per heavy atom. The smallest absolute Gasteiger partial charge is 0.0108 e. The molecule has 1 aromatic carbocycles. The molecule has 2 N–H and O–H groups in total. The molecule has 19 heavy (non-hydrogen) atoms. The van der Waals surface area contributed by atoms with E-state index in [1.807, 2.05) is 0 Å². The van der Waals surface area contributed by atoms with Crippen molar-refractivity contribution in [1.82, 2.24) is 0 Å².